The van der Waals surface area contributed by atoms with E-state index in [4.69, 9.17) is 14.2 Å². The number of nitro groups is 1. The lowest BCUT2D eigenvalue weighted by atomic mass is 9.76. The van der Waals surface area contributed by atoms with Gasteiger partial charge in [0.15, 0.2) is 0 Å². The van der Waals surface area contributed by atoms with Gasteiger partial charge < -0.3 is 14.2 Å². The zero-order valence-corrected chi connectivity index (χ0v) is 16.8. The van der Waals surface area contributed by atoms with E-state index in [1.54, 1.807) is 44.2 Å². The van der Waals surface area contributed by atoms with E-state index in [2.05, 4.69) is 0 Å². The summed E-state index contributed by atoms with van der Waals surface area (Å²) in [6, 6.07) is 6.84. The Morgan fingerprint density at radius 3 is 2.62 bits per heavy atom. The lowest BCUT2D eigenvalue weighted by Gasteiger charge is -2.28. The molecule has 2 atom stereocenters. The van der Waals surface area contributed by atoms with Gasteiger partial charge in [0.2, 0.25) is 5.54 Å². The van der Waals surface area contributed by atoms with E-state index in [9.17, 15) is 19.7 Å². The van der Waals surface area contributed by atoms with Crippen LogP contribution in [0.3, 0.4) is 0 Å². The summed E-state index contributed by atoms with van der Waals surface area (Å²) in [5, 5.41) is 12.2. The molecular weight excluding hydrogens is 378 g/mol. The fraction of sp³-hybridized carbons (Fsp3) is 0.429. The molecule has 2 rings (SSSR count). The largest absolute Gasteiger partial charge is 0.497 e. The first-order valence-electron chi connectivity index (χ1n) is 9.38. The van der Waals surface area contributed by atoms with Crippen molar-refractivity contribution in [3.05, 3.63) is 63.7 Å². The highest BCUT2D eigenvalue weighted by atomic mass is 16.6. The molecule has 156 valence electrons. The summed E-state index contributed by atoms with van der Waals surface area (Å²) in [6.07, 6.45) is 4.14. The number of rotatable bonds is 9. The summed E-state index contributed by atoms with van der Waals surface area (Å²) in [5.74, 6) is -1.48. The van der Waals surface area contributed by atoms with E-state index >= 15 is 0 Å². The monoisotopic (exact) mass is 403 g/mol. The van der Waals surface area contributed by atoms with Gasteiger partial charge in [-0.1, -0.05) is 24.3 Å². The predicted octanol–water partition coefficient (Wildman–Crippen LogP) is 3.20. The lowest BCUT2D eigenvalue weighted by Crippen LogP contribution is -2.42. The van der Waals surface area contributed by atoms with Crippen LogP contribution in [0.5, 0.6) is 5.75 Å². The van der Waals surface area contributed by atoms with Crippen molar-refractivity contribution in [2.24, 2.45) is 0 Å². The Hall–Kier alpha value is -3.16. The maximum absolute atomic E-state index is 12.5. The van der Waals surface area contributed by atoms with Gasteiger partial charge in [-0.3, -0.25) is 10.1 Å². The van der Waals surface area contributed by atoms with Crippen LogP contribution in [0.15, 0.2) is 48.1 Å². The summed E-state index contributed by atoms with van der Waals surface area (Å²) >= 11 is 0. The highest BCUT2D eigenvalue weighted by Gasteiger charge is 2.56. The van der Waals surface area contributed by atoms with Gasteiger partial charge >= 0.3 is 11.9 Å². The third kappa shape index (κ3) is 4.82. The van der Waals surface area contributed by atoms with Crippen LogP contribution in [0, 0.1) is 10.1 Å². The third-order valence-electron chi connectivity index (χ3n) is 4.84. The first-order valence-corrected chi connectivity index (χ1v) is 9.38. The number of carbonyl (C=O) groups excluding carboxylic acids is 2. The Kier molecular flexibility index (Phi) is 7.52. The van der Waals surface area contributed by atoms with E-state index in [1.807, 2.05) is 0 Å². The fourth-order valence-corrected chi connectivity index (χ4v) is 3.54. The summed E-state index contributed by atoms with van der Waals surface area (Å²) in [4.78, 5) is 36.0. The van der Waals surface area contributed by atoms with Gasteiger partial charge in [-0.25, -0.2) is 9.59 Å². The van der Waals surface area contributed by atoms with Gasteiger partial charge in [0.1, 0.15) is 5.75 Å². The van der Waals surface area contributed by atoms with Crippen molar-refractivity contribution in [2.75, 3.05) is 20.3 Å². The molecule has 0 spiro atoms. The molecule has 1 aromatic rings. The van der Waals surface area contributed by atoms with Crippen LogP contribution in [-0.2, 0) is 19.1 Å². The zero-order valence-electron chi connectivity index (χ0n) is 16.8. The maximum Gasteiger partial charge on any atom is 0.334 e. The summed E-state index contributed by atoms with van der Waals surface area (Å²) in [5.41, 5.74) is -0.721. The fourth-order valence-electron chi connectivity index (χ4n) is 3.54. The number of nitrogens with zero attached hydrogens (tertiary/aromatic N) is 1. The molecule has 0 aliphatic heterocycles. The number of ether oxygens (including phenoxy) is 3. The normalized spacial score (nSPS) is 20.9. The molecule has 0 heterocycles. The highest BCUT2D eigenvalue weighted by Crippen LogP contribution is 2.48. The second-order valence-corrected chi connectivity index (χ2v) is 6.51. The van der Waals surface area contributed by atoms with Crippen LogP contribution in [0.1, 0.15) is 38.2 Å². The predicted molar refractivity (Wildman–Crippen MR) is 105 cm³/mol. The second-order valence-electron chi connectivity index (χ2n) is 6.51. The number of esters is 2. The number of hydrogen-bond donors (Lipinski definition) is 0. The Morgan fingerprint density at radius 1 is 1.28 bits per heavy atom. The first-order chi connectivity index (χ1) is 13.9. The van der Waals surface area contributed by atoms with E-state index in [0.29, 0.717) is 11.3 Å². The molecule has 1 aliphatic carbocycles. The Morgan fingerprint density at radius 2 is 2.00 bits per heavy atom. The molecular formula is C21H25NO7. The van der Waals surface area contributed by atoms with Crippen molar-refractivity contribution in [3.8, 4) is 5.75 Å². The molecule has 8 heteroatoms. The van der Waals surface area contributed by atoms with Crippen molar-refractivity contribution < 1.29 is 28.7 Å². The van der Waals surface area contributed by atoms with Gasteiger partial charge in [0, 0.05) is 29.4 Å². The van der Waals surface area contributed by atoms with Crippen molar-refractivity contribution in [1.82, 2.24) is 0 Å². The van der Waals surface area contributed by atoms with Gasteiger partial charge in [0.05, 0.1) is 26.2 Å². The van der Waals surface area contributed by atoms with Gasteiger partial charge in [-0.05, 0) is 31.5 Å². The maximum atomic E-state index is 12.5. The minimum absolute atomic E-state index is 0.0309. The Labute approximate surface area is 169 Å². The smallest absolute Gasteiger partial charge is 0.334 e. The SMILES string of the molecule is CCOC(=O)/C=C\C[C@@]1([N+](=O)[O-])CC=C(C(=O)OCC)[C@@H]1c1cccc(OC)c1. The highest BCUT2D eigenvalue weighted by molar-refractivity contribution is 5.91. The second kappa shape index (κ2) is 9.86. The van der Waals surface area contributed by atoms with Crippen LogP contribution in [0.25, 0.3) is 0 Å². The van der Waals surface area contributed by atoms with Gasteiger partial charge in [0.25, 0.3) is 0 Å². The van der Waals surface area contributed by atoms with E-state index < -0.39 is 23.4 Å². The molecule has 8 nitrogen and oxygen atoms in total. The Bertz CT molecular complexity index is 830. The van der Waals surface area contributed by atoms with E-state index in [0.717, 1.165) is 0 Å². The molecule has 0 saturated carbocycles. The molecule has 0 unspecified atom stereocenters. The molecule has 1 aliphatic rings. The zero-order chi connectivity index (χ0) is 21.4. The third-order valence-corrected chi connectivity index (χ3v) is 4.84. The van der Waals surface area contributed by atoms with Gasteiger partial charge in [-0.2, -0.15) is 0 Å². The van der Waals surface area contributed by atoms with Crippen molar-refractivity contribution in [1.29, 1.82) is 0 Å². The van der Waals surface area contributed by atoms with Gasteiger partial charge in [-0.15, -0.1) is 0 Å². The van der Waals surface area contributed by atoms with Crippen molar-refractivity contribution in [3.63, 3.8) is 0 Å². The topological polar surface area (TPSA) is 105 Å². The van der Waals surface area contributed by atoms with Crippen LogP contribution in [0.2, 0.25) is 0 Å². The minimum Gasteiger partial charge on any atom is -0.497 e. The van der Waals surface area contributed by atoms with E-state index in [1.165, 1.54) is 19.3 Å². The quantitative estimate of drug-likeness (QED) is 0.270. The summed E-state index contributed by atoms with van der Waals surface area (Å²) < 4.78 is 15.2. The average Bonchev–Trinajstić information content (AvgIpc) is 3.09. The molecule has 0 bridgehead atoms. The average molecular weight is 403 g/mol. The Balaban J connectivity index is 2.48. The van der Waals surface area contributed by atoms with E-state index in [-0.39, 0.29) is 36.6 Å². The number of carbonyl (C=O) groups is 2. The number of hydrogen-bond acceptors (Lipinski definition) is 7. The molecule has 0 amide bonds. The van der Waals surface area contributed by atoms with Crippen molar-refractivity contribution >= 4 is 11.9 Å². The molecule has 0 aromatic heterocycles. The number of benzene rings is 1. The standard InChI is InChI=1S/C21H25NO7/c1-4-28-18(23)10-7-12-21(22(25)26)13-11-17(20(24)29-5-2)19(21)15-8-6-9-16(14-15)27-3/h6-11,14,19H,4-5,12-13H2,1-3H3/b10-7-/t19-,21+/m0/s1. The van der Waals surface area contributed by atoms with Crippen LogP contribution in [0.4, 0.5) is 0 Å². The minimum atomic E-state index is -1.53. The van der Waals surface area contributed by atoms with Crippen LogP contribution < -0.4 is 4.74 Å². The number of methoxy groups -OCH3 is 1. The molecule has 0 fully saturated rings. The molecule has 0 radical (unpaired) electrons. The summed E-state index contributed by atoms with van der Waals surface area (Å²) in [7, 11) is 1.50. The van der Waals surface area contributed by atoms with Crippen LogP contribution >= 0.6 is 0 Å². The molecule has 0 saturated heterocycles. The van der Waals surface area contributed by atoms with Crippen LogP contribution in [-0.4, -0.2) is 42.7 Å². The first kappa shape index (κ1) is 22.1. The van der Waals surface area contributed by atoms with Crippen molar-refractivity contribution in [2.45, 2.75) is 38.1 Å². The molecule has 1 aromatic carbocycles. The lowest BCUT2D eigenvalue weighted by molar-refractivity contribution is -0.570. The summed E-state index contributed by atoms with van der Waals surface area (Å²) in [6.45, 7) is 3.73. The molecule has 29 heavy (non-hydrogen) atoms. The molecule has 0 N–H and O–H groups in total.